The Labute approximate surface area is 114 Å². The van der Waals surface area contributed by atoms with E-state index in [0.29, 0.717) is 18.9 Å². The first-order chi connectivity index (χ1) is 9.13. The van der Waals surface area contributed by atoms with Crippen LogP contribution in [0.25, 0.3) is 0 Å². The molecule has 0 radical (unpaired) electrons. The Balaban J connectivity index is 1.98. The van der Waals surface area contributed by atoms with Crippen LogP contribution in [0.5, 0.6) is 0 Å². The summed E-state index contributed by atoms with van der Waals surface area (Å²) in [6.45, 7) is 6.86. The summed E-state index contributed by atoms with van der Waals surface area (Å²) in [5, 5.41) is 3.47. The number of nitrogens with one attached hydrogen (secondary N) is 1. The average molecular weight is 268 g/mol. The normalized spacial score (nSPS) is 29.3. The molecule has 0 saturated carbocycles. The number of hydrogen-bond donors (Lipinski definition) is 1. The van der Waals surface area contributed by atoms with Gasteiger partial charge in [-0.1, -0.05) is 13.8 Å². The van der Waals surface area contributed by atoms with E-state index >= 15 is 0 Å². The van der Waals surface area contributed by atoms with Crippen molar-refractivity contribution in [2.24, 2.45) is 11.8 Å². The molecule has 2 fully saturated rings. The minimum atomic E-state index is -0.154. The van der Waals surface area contributed by atoms with Crippen molar-refractivity contribution >= 4 is 11.8 Å². The summed E-state index contributed by atoms with van der Waals surface area (Å²) in [7, 11) is 0. The summed E-state index contributed by atoms with van der Waals surface area (Å²) in [6, 6.07) is 0.167. The van der Waals surface area contributed by atoms with Crippen LogP contribution in [0.15, 0.2) is 0 Å². The second-order valence-electron chi connectivity index (χ2n) is 5.63. The molecule has 0 aromatic rings. The molecule has 1 N–H and O–H groups in total. The lowest BCUT2D eigenvalue weighted by Crippen LogP contribution is -2.48. The SMILES string of the molecule is CCCNC(CN1C(=O)CC(C)C1=O)C1CCOC1. The van der Waals surface area contributed by atoms with Gasteiger partial charge in [-0.15, -0.1) is 0 Å². The molecule has 19 heavy (non-hydrogen) atoms. The van der Waals surface area contributed by atoms with Crippen LogP contribution >= 0.6 is 0 Å². The maximum absolute atomic E-state index is 12.0. The van der Waals surface area contributed by atoms with Crippen molar-refractivity contribution in [1.29, 1.82) is 0 Å². The second kappa shape index (κ2) is 6.48. The number of nitrogens with zero attached hydrogens (tertiary/aromatic N) is 1. The van der Waals surface area contributed by atoms with Crippen molar-refractivity contribution in [3.63, 3.8) is 0 Å². The van der Waals surface area contributed by atoms with E-state index < -0.39 is 0 Å². The Kier molecular flexibility index (Phi) is 4.93. The largest absolute Gasteiger partial charge is 0.381 e. The third-order valence-electron chi connectivity index (χ3n) is 4.04. The molecule has 0 aromatic carbocycles. The molecule has 0 spiro atoms. The Morgan fingerprint density at radius 2 is 2.26 bits per heavy atom. The van der Waals surface area contributed by atoms with Gasteiger partial charge in [-0.3, -0.25) is 14.5 Å². The zero-order valence-corrected chi connectivity index (χ0v) is 11.9. The van der Waals surface area contributed by atoms with Gasteiger partial charge in [-0.05, 0) is 19.4 Å². The van der Waals surface area contributed by atoms with E-state index in [1.54, 1.807) is 0 Å². The fraction of sp³-hybridized carbons (Fsp3) is 0.857. The van der Waals surface area contributed by atoms with Crippen molar-refractivity contribution in [1.82, 2.24) is 10.2 Å². The van der Waals surface area contributed by atoms with E-state index in [1.807, 2.05) is 6.92 Å². The highest BCUT2D eigenvalue weighted by Gasteiger charge is 2.38. The highest BCUT2D eigenvalue weighted by atomic mass is 16.5. The average Bonchev–Trinajstić information content (AvgIpc) is 2.98. The van der Waals surface area contributed by atoms with Gasteiger partial charge < -0.3 is 10.1 Å². The van der Waals surface area contributed by atoms with Crippen LogP contribution in [0.3, 0.4) is 0 Å². The van der Waals surface area contributed by atoms with Crippen LogP contribution < -0.4 is 5.32 Å². The predicted molar refractivity (Wildman–Crippen MR) is 71.5 cm³/mol. The fourth-order valence-electron chi connectivity index (χ4n) is 2.82. The zero-order chi connectivity index (χ0) is 13.8. The molecule has 3 unspecified atom stereocenters. The van der Waals surface area contributed by atoms with Gasteiger partial charge in [0.25, 0.3) is 0 Å². The first kappa shape index (κ1) is 14.5. The third-order valence-corrected chi connectivity index (χ3v) is 4.04. The molecular weight excluding hydrogens is 244 g/mol. The molecule has 2 rings (SSSR count). The summed E-state index contributed by atoms with van der Waals surface area (Å²) in [5.41, 5.74) is 0. The Hall–Kier alpha value is -0.940. The first-order valence-corrected chi connectivity index (χ1v) is 7.28. The van der Waals surface area contributed by atoms with E-state index in [9.17, 15) is 9.59 Å². The van der Waals surface area contributed by atoms with Crippen LogP contribution in [0, 0.1) is 11.8 Å². The van der Waals surface area contributed by atoms with Gasteiger partial charge in [0, 0.05) is 37.5 Å². The second-order valence-corrected chi connectivity index (χ2v) is 5.63. The summed E-state index contributed by atoms with van der Waals surface area (Å²) in [4.78, 5) is 25.3. The van der Waals surface area contributed by atoms with Gasteiger partial charge in [0.2, 0.25) is 11.8 Å². The summed E-state index contributed by atoms with van der Waals surface area (Å²) in [5.74, 6) is 0.203. The van der Waals surface area contributed by atoms with Gasteiger partial charge in [0.1, 0.15) is 0 Å². The highest BCUT2D eigenvalue weighted by molar-refractivity contribution is 6.03. The molecule has 2 aliphatic heterocycles. The molecule has 2 saturated heterocycles. The number of ether oxygens (including phenoxy) is 1. The van der Waals surface area contributed by atoms with Gasteiger partial charge in [-0.25, -0.2) is 0 Å². The van der Waals surface area contributed by atoms with E-state index in [0.717, 1.165) is 32.6 Å². The standard InChI is InChI=1S/C14H24N2O3/c1-3-5-15-12(11-4-6-19-9-11)8-16-13(17)7-10(2)14(16)18/h10-12,15H,3-9H2,1-2H3. The number of amides is 2. The van der Waals surface area contributed by atoms with Gasteiger partial charge in [-0.2, -0.15) is 0 Å². The van der Waals surface area contributed by atoms with Crippen molar-refractivity contribution in [2.75, 3.05) is 26.3 Å². The maximum atomic E-state index is 12.0. The van der Waals surface area contributed by atoms with Crippen LogP contribution in [-0.4, -0.2) is 49.1 Å². The highest BCUT2D eigenvalue weighted by Crippen LogP contribution is 2.23. The molecule has 2 amide bonds. The van der Waals surface area contributed by atoms with Crippen LogP contribution in [0.2, 0.25) is 0 Å². The summed E-state index contributed by atoms with van der Waals surface area (Å²) < 4.78 is 5.43. The zero-order valence-electron chi connectivity index (χ0n) is 11.9. The van der Waals surface area contributed by atoms with E-state index in [-0.39, 0.29) is 23.8 Å². The number of likely N-dealkylation sites (tertiary alicyclic amines) is 1. The third kappa shape index (κ3) is 3.34. The molecule has 3 atom stereocenters. The Bertz CT molecular complexity index is 340. The smallest absolute Gasteiger partial charge is 0.232 e. The monoisotopic (exact) mass is 268 g/mol. The number of rotatable bonds is 6. The van der Waals surface area contributed by atoms with Crippen molar-refractivity contribution < 1.29 is 14.3 Å². The molecule has 108 valence electrons. The quantitative estimate of drug-likeness (QED) is 0.723. The first-order valence-electron chi connectivity index (χ1n) is 7.28. The minimum Gasteiger partial charge on any atom is -0.381 e. The maximum Gasteiger partial charge on any atom is 0.232 e. The fourth-order valence-corrected chi connectivity index (χ4v) is 2.82. The van der Waals surface area contributed by atoms with Crippen molar-refractivity contribution in [2.45, 2.75) is 39.2 Å². The van der Waals surface area contributed by atoms with Crippen molar-refractivity contribution in [3.8, 4) is 0 Å². The topological polar surface area (TPSA) is 58.6 Å². The lowest BCUT2D eigenvalue weighted by molar-refractivity contribution is -0.139. The molecule has 5 nitrogen and oxygen atoms in total. The number of carbonyl (C=O) groups excluding carboxylic acids is 2. The minimum absolute atomic E-state index is 0.0211. The van der Waals surface area contributed by atoms with Crippen LogP contribution in [-0.2, 0) is 14.3 Å². The Morgan fingerprint density at radius 1 is 1.47 bits per heavy atom. The molecule has 0 aromatic heterocycles. The summed E-state index contributed by atoms with van der Waals surface area (Å²) >= 11 is 0. The lowest BCUT2D eigenvalue weighted by atomic mass is 9.98. The van der Waals surface area contributed by atoms with E-state index in [2.05, 4.69) is 12.2 Å². The van der Waals surface area contributed by atoms with Crippen molar-refractivity contribution in [3.05, 3.63) is 0 Å². The number of hydrogen-bond acceptors (Lipinski definition) is 4. The molecule has 2 aliphatic rings. The Morgan fingerprint density at radius 3 is 2.79 bits per heavy atom. The molecule has 2 heterocycles. The van der Waals surface area contributed by atoms with Crippen LogP contribution in [0.1, 0.15) is 33.1 Å². The van der Waals surface area contributed by atoms with Gasteiger partial charge in [0.05, 0.1) is 6.61 Å². The molecular formula is C14H24N2O3. The molecule has 5 heteroatoms. The van der Waals surface area contributed by atoms with Gasteiger partial charge >= 0.3 is 0 Å². The lowest BCUT2D eigenvalue weighted by Gasteiger charge is -2.27. The number of carbonyl (C=O) groups is 2. The summed E-state index contributed by atoms with van der Waals surface area (Å²) in [6.07, 6.45) is 2.41. The predicted octanol–water partition coefficient (Wildman–Crippen LogP) is 0.786. The van der Waals surface area contributed by atoms with E-state index in [4.69, 9.17) is 4.74 Å². The molecule has 0 bridgehead atoms. The van der Waals surface area contributed by atoms with Crippen LogP contribution in [0.4, 0.5) is 0 Å². The van der Waals surface area contributed by atoms with E-state index in [1.165, 1.54) is 4.90 Å². The van der Waals surface area contributed by atoms with Gasteiger partial charge in [0.15, 0.2) is 0 Å². The number of imide groups is 1. The molecule has 0 aliphatic carbocycles.